The van der Waals surface area contributed by atoms with E-state index in [0.717, 1.165) is 25.1 Å². The monoisotopic (exact) mass is 262 g/mol. The van der Waals surface area contributed by atoms with Crippen molar-refractivity contribution in [1.82, 2.24) is 4.90 Å². The lowest BCUT2D eigenvalue weighted by Crippen LogP contribution is -2.40. The summed E-state index contributed by atoms with van der Waals surface area (Å²) < 4.78 is 0. The van der Waals surface area contributed by atoms with Crippen LogP contribution < -0.4 is 5.32 Å². The first kappa shape index (κ1) is 13.9. The first-order chi connectivity index (χ1) is 9.11. The quantitative estimate of drug-likeness (QED) is 0.880. The molecule has 2 amide bonds. The number of hydrogen-bond acceptors (Lipinski definition) is 2. The summed E-state index contributed by atoms with van der Waals surface area (Å²) in [5, 5.41) is 12.2. The van der Waals surface area contributed by atoms with Crippen LogP contribution in [0, 0.1) is 0 Å². The third-order valence-electron chi connectivity index (χ3n) is 3.65. The van der Waals surface area contributed by atoms with E-state index in [-0.39, 0.29) is 18.7 Å². The molecule has 0 spiro atoms. The molecule has 0 saturated carbocycles. The third-order valence-corrected chi connectivity index (χ3v) is 3.65. The van der Waals surface area contributed by atoms with Gasteiger partial charge in [-0.05, 0) is 36.5 Å². The first-order valence-electron chi connectivity index (χ1n) is 6.90. The van der Waals surface area contributed by atoms with Crippen molar-refractivity contribution in [2.24, 2.45) is 0 Å². The van der Waals surface area contributed by atoms with E-state index in [1.54, 1.807) is 4.90 Å². The van der Waals surface area contributed by atoms with Crippen molar-refractivity contribution < 1.29 is 9.90 Å². The van der Waals surface area contributed by atoms with Gasteiger partial charge in [0.05, 0.1) is 12.6 Å². The Hall–Kier alpha value is -1.55. The van der Waals surface area contributed by atoms with Gasteiger partial charge in [0.1, 0.15) is 0 Å². The number of aliphatic hydroxyl groups excluding tert-OH is 1. The molecule has 1 aliphatic rings. The van der Waals surface area contributed by atoms with Gasteiger partial charge in [0.25, 0.3) is 0 Å². The van der Waals surface area contributed by atoms with Crippen LogP contribution in [-0.4, -0.2) is 35.2 Å². The summed E-state index contributed by atoms with van der Waals surface area (Å²) in [6.45, 7) is 5.02. The van der Waals surface area contributed by atoms with Crippen molar-refractivity contribution >= 4 is 11.7 Å². The number of urea groups is 1. The third kappa shape index (κ3) is 3.26. The van der Waals surface area contributed by atoms with E-state index in [0.29, 0.717) is 5.92 Å². The second-order valence-corrected chi connectivity index (χ2v) is 5.38. The smallest absolute Gasteiger partial charge is 0.322 e. The van der Waals surface area contributed by atoms with Crippen LogP contribution in [0.25, 0.3) is 0 Å². The minimum atomic E-state index is -0.113. The van der Waals surface area contributed by atoms with Crippen LogP contribution in [0.4, 0.5) is 10.5 Å². The van der Waals surface area contributed by atoms with Crippen LogP contribution in [0.15, 0.2) is 24.3 Å². The van der Waals surface area contributed by atoms with Crippen LogP contribution >= 0.6 is 0 Å². The van der Waals surface area contributed by atoms with Gasteiger partial charge in [-0.2, -0.15) is 0 Å². The van der Waals surface area contributed by atoms with Gasteiger partial charge in [-0.3, -0.25) is 0 Å². The Labute approximate surface area is 114 Å². The lowest BCUT2D eigenvalue weighted by molar-refractivity contribution is 0.166. The highest BCUT2D eigenvalue weighted by molar-refractivity contribution is 5.89. The van der Waals surface area contributed by atoms with E-state index >= 15 is 0 Å². The van der Waals surface area contributed by atoms with Gasteiger partial charge in [0, 0.05) is 12.2 Å². The van der Waals surface area contributed by atoms with Gasteiger partial charge in [-0.15, -0.1) is 0 Å². The number of aliphatic hydroxyl groups is 1. The number of amides is 2. The lowest BCUT2D eigenvalue weighted by Gasteiger charge is -2.23. The first-order valence-corrected chi connectivity index (χ1v) is 6.90. The molecule has 1 atom stereocenters. The number of carbonyl (C=O) groups excluding carboxylic acids is 1. The largest absolute Gasteiger partial charge is 0.394 e. The summed E-state index contributed by atoms with van der Waals surface area (Å²) in [7, 11) is 0. The highest BCUT2D eigenvalue weighted by Crippen LogP contribution is 2.21. The standard InChI is InChI=1S/C15H22N2O2/c1-11(2)12-5-3-6-13(9-12)16-15(19)17-8-4-7-14(17)10-18/h3,5-6,9,11,14,18H,4,7-8,10H2,1-2H3,(H,16,19)/t14-/m1/s1. The fraction of sp³-hybridized carbons (Fsp3) is 0.533. The highest BCUT2D eigenvalue weighted by Gasteiger charge is 2.27. The van der Waals surface area contributed by atoms with Crippen LogP contribution in [0.2, 0.25) is 0 Å². The maximum atomic E-state index is 12.2. The molecule has 4 nitrogen and oxygen atoms in total. The predicted octanol–water partition coefficient (Wildman–Crippen LogP) is 2.80. The summed E-state index contributed by atoms with van der Waals surface area (Å²) in [5.41, 5.74) is 2.03. The molecule has 19 heavy (non-hydrogen) atoms. The zero-order chi connectivity index (χ0) is 13.8. The van der Waals surface area contributed by atoms with Crippen molar-refractivity contribution in [3.05, 3.63) is 29.8 Å². The van der Waals surface area contributed by atoms with Crippen LogP contribution in [0.5, 0.6) is 0 Å². The number of carbonyl (C=O) groups is 1. The molecule has 1 heterocycles. The van der Waals surface area contributed by atoms with Gasteiger partial charge in [0.15, 0.2) is 0 Å². The Morgan fingerprint density at radius 1 is 1.53 bits per heavy atom. The molecular formula is C15H22N2O2. The molecule has 0 bridgehead atoms. The van der Waals surface area contributed by atoms with E-state index in [4.69, 9.17) is 0 Å². The molecule has 1 fully saturated rings. The van der Waals surface area contributed by atoms with Crippen LogP contribution in [-0.2, 0) is 0 Å². The molecule has 2 N–H and O–H groups in total. The van der Waals surface area contributed by atoms with E-state index in [1.165, 1.54) is 5.56 Å². The van der Waals surface area contributed by atoms with Crippen molar-refractivity contribution in [2.75, 3.05) is 18.5 Å². The number of hydrogen-bond donors (Lipinski definition) is 2. The number of nitrogens with one attached hydrogen (secondary N) is 1. The maximum absolute atomic E-state index is 12.2. The summed E-state index contributed by atoms with van der Waals surface area (Å²) in [6, 6.07) is 7.77. The molecule has 0 aromatic heterocycles. The average Bonchev–Trinajstić information content (AvgIpc) is 2.87. The normalized spacial score (nSPS) is 18.9. The predicted molar refractivity (Wildman–Crippen MR) is 76.4 cm³/mol. The SMILES string of the molecule is CC(C)c1cccc(NC(=O)N2CCC[C@@H]2CO)c1. The molecule has 4 heteroatoms. The molecular weight excluding hydrogens is 240 g/mol. The zero-order valence-corrected chi connectivity index (χ0v) is 11.6. The number of anilines is 1. The molecule has 1 saturated heterocycles. The van der Waals surface area contributed by atoms with E-state index in [9.17, 15) is 9.90 Å². The molecule has 1 aromatic carbocycles. The molecule has 1 aliphatic heterocycles. The van der Waals surface area contributed by atoms with Crippen molar-refractivity contribution in [3.8, 4) is 0 Å². The van der Waals surface area contributed by atoms with Gasteiger partial charge in [-0.25, -0.2) is 4.79 Å². The van der Waals surface area contributed by atoms with Gasteiger partial charge < -0.3 is 15.3 Å². The molecule has 0 radical (unpaired) electrons. The summed E-state index contributed by atoms with van der Waals surface area (Å²) in [6.07, 6.45) is 1.85. The van der Waals surface area contributed by atoms with E-state index in [1.807, 2.05) is 18.2 Å². The summed E-state index contributed by atoms with van der Waals surface area (Å²) in [4.78, 5) is 13.9. The minimum absolute atomic E-state index is 0.0340. The summed E-state index contributed by atoms with van der Waals surface area (Å²) in [5.74, 6) is 0.439. The number of likely N-dealkylation sites (tertiary alicyclic amines) is 1. The molecule has 104 valence electrons. The van der Waals surface area contributed by atoms with Gasteiger partial charge in [-0.1, -0.05) is 26.0 Å². The van der Waals surface area contributed by atoms with E-state index in [2.05, 4.69) is 25.2 Å². The Morgan fingerprint density at radius 2 is 2.32 bits per heavy atom. The van der Waals surface area contributed by atoms with Gasteiger partial charge in [0.2, 0.25) is 0 Å². The van der Waals surface area contributed by atoms with Crippen LogP contribution in [0.1, 0.15) is 38.2 Å². The Bertz CT molecular complexity index is 446. The molecule has 2 rings (SSSR count). The number of nitrogens with zero attached hydrogens (tertiary/aromatic N) is 1. The van der Waals surface area contributed by atoms with Crippen LogP contribution in [0.3, 0.4) is 0 Å². The number of benzene rings is 1. The topological polar surface area (TPSA) is 52.6 Å². The molecule has 1 aromatic rings. The fourth-order valence-corrected chi connectivity index (χ4v) is 2.46. The average molecular weight is 262 g/mol. The van der Waals surface area contributed by atoms with Gasteiger partial charge >= 0.3 is 6.03 Å². The Morgan fingerprint density at radius 3 is 3.00 bits per heavy atom. The zero-order valence-electron chi connectivity index (χ0n) is 11.6. The highest BCUT2D eigenvalue weighted by atomic mass is 16.3. The Balaban J connectivity index is 2.04. The minimum Gasteiger partial charge on any atom is -0.394 e. The molecule has 0 aliphatic carbocycles. The number of rotatable bonds is 3. The maximum Gasteiger partial charge on any atom is 0.322 e. The van der Waals surface area contributed by atoms with Crippen molar-refractivity contribution in [1.29, 1.82) is 0 Å². The second-order valence-electron chi connectivity index (χ2n) is 5.38. The Kier molecular flexibility index (Phi) is 4.43. The van der Waals surface area contributed by atoms with E-state index < -0.39 is 0 Å². The summed E-state index contributed by atoms with van der Waals surface area (Å²) >= 11 is 0. The van der Waals surface area contributed by atoms with Crippen molar-refractivity contribution in [3.63, 3.8) is 0 Å². The van der Waals surface area contributed by atoms with Crippen molar-refractivity contribution in [2.45, 2.75) is 38.6 Å². The second kappa shape index (κ2) is 6.06. The fourth-order valence-electron chi connectivity index (χ4n) is 2.46. The molecule has 0 unspecified atom stereocenters. The lowest BCUT2D eigenvalue weighted by atomic mass is 10.0.